The molecule has 1 aliphatic heterocycles. The predicted octanol–water partition coefficient (Wildman–Crippen LogP) is 1.23. The predicted molar refractivity (Wildman–Crippen MR) is 104 cm³/mol. The summed E-state index contributed by atoms with van der Waals surface area (Å²) in [5.74, 6) is -0.797. The average Bonchev–Trinajstić information content (AvgIpc) is 2.77. The van der Waals surface area contributed by atoms with Crippen molar-refractivity contribution in [3.63, 3.8) is 0 Å². The third kappa shape index (κ3) is 4.50. The molecule has 1 atom stereocenters. The SMILES string of the molecule is CC(C)CC1(C)NC(=O)N(CC(=O)Nc2ccc(S(=O)(=O)N(C)C)cc2)C1=O. The third-order valence-corrected chi connectivity index (χ3v) is 6.21. The largest absolute Gasteiger partial charge is 0.325 e. The Kier molecular flexibility index (Phi) is 6.15. The molecule has 0 spiro atoms. The number of hydrogen-bond donors (Lipinski definition) is 2. The lowest BCUT2D eigenvalue weighted by Gasteiger charge is -2.23. The summed E-state index contributed by atoms with van der Waals surface area (Å²) in [6.07, 6.45) is 0.470. The molecule has 0 bridgehead atoms. The van der Waals surface area contributed by atoms with Crippen molar-refractivity contribution in [1.82, 2.24) is 14.5 Å². The molecule has 0 aliphatic carbocycles. The van der Waals surface area contributed by atoms with Gasteiger partial charge in [-0.05, 0) is 43.5 Å². The van der Waals surface area contributed by atoms with Gasteiger partial charge in [0.1, 0.15) is 12.1 Å². The number of carbonyl (C=O) groups is 3. The van der Waals surface area contributed by atoms with Gasteiger partial charge in [0, 0.05) is 19.8 Å². The number of rotatable bonds is 7. The first-order valence-corrected chi connectivity index (χ1v) is 10.3. The Morgan fingerprint density at radius 3 is 2.29 bits per heavy atom. The van der Waals surface area contributed by atoms with E-state index in [-0.39, 0.29) is 10.8 Å². The molecule has 1 aliphatic rings. The molecule has 0 saturated carbocycles. The van der Waals surface area contributed by atoms with Crippen molar-refractivity contribution in [3.05, 3.63) is 24.3 Å². The van der Waals surface area contributed by atoms with Gasteiger partial charge in [-0.15, -0.1) is 0 Å². The van der Waals surface area contributed by atoms with Crippen molar-refractivity contribution < 1.29 is 22.8 Å². The summed E-state index contributed by atoms with van der Waals surface area (Å²) in [6.45, 7) is 5.12. The van der Waals surface area contributed by atoms with Gasteiger partial charge in [0.15, 0.2) is 0 Å². The summed E-state index contributed by atoms with van der Waals surface area (Å²) in [5.41, 5.74) is -0.659. The zero-order chi connectivity index (χ0) is 21.3. The van der Waals surface area contributed by atoms with Crippen LogP contribution in [-0.2, 0) is 19.6 Å². The Labute approximate surface area is 165 Å². The minimum atomic E-state index is -3.56. The van der Waals surface area contributed by atoms with Crippen LogP contribution in [0.25, 0.3) is 0 Å². The van der Waals surface area contributed by atoms with Crippen LogP contribution in [0.2, 0.25) is 0 Å². The molecule has 0 radical (unpaired) electrons. The molecule has 9 nitrogen and oxygen atoms in total. The van der Waals surface area contributed by atoms with E-state index in [1.54, 1.807) is 6.92 Å². The number of benzene rings is 1. The van der Waals surface area contributed by atoms with Crippen molar-refractivity contribution in [3.8, 4) is 0 Å². The van der Waals surface area contributed by atoms with E-state index in [2.05, 4.69) is 10.6 Å². The van der Waals surface area contributed by atoms with Crippen LogP contribution < -0.4 is 10.6 Å². The second-order valence-corrected chi connectivity index (χ2v) is 9.76. The first-order chi connectivity index (χ1) is 12.9. The molecular formula is C18H26N4O5S. The van der Waals surface area contributed by atoms with E-state index < -0.39 is 40.0 Å². The van der Waals surface area contributed by atoms with Gasteiger partial charge in [-0.2, -0.15) is 0 Å². The molecule has 154 valence electrons. The molecular weight excluding hydrogens is 384 g/mol. The van der Waals surface area contributed by atoms with Gasteiger partial charge in [-0.3, -0.25) is 14.5 Å². The maximum absolute atomic E-state index is 12.6. The second-order valence-electron chi connectivity index (χ2n) is 7.61. The van der Waals surface area contributed by atoms with Crippen molar-refractivity contribution in [2.75, 3.05) is 26.0 Å². The number of anilines is 1. The van der Waals surface area contributed by atoms with Gasteiger partial charge >= 0.3 is 6.03 Å². The Morgan fingerprint density at radius 2 is 1.79 bits per heavy atom. The van der Waals surface area contributed by atoms with E-state index in [9.17, 15) is 22.8 Å². The molecule has 1 heterocycles. The number of carbonyl (C=O) groups excluding carboxylic acids is 3. The highest BCUT2D eigenvalue weighted by Gasteiger charge is 2.48. The number of urea groups is 1. The fraction of sp³-hybridized carbons (Fsp3) is 0.500. The molecule has 1 aromatic rings. The zero-order valence-electron chi connectivity index (χ0n) is 16.6. The van der Waals surface area contributed by atoms with Crippen molar-refractivity contribution in [2.24, 2.45) is 5.92 Å². The topological polar surface area (TPSA) is 116 Å². The Bertz CT molecular complexity index is 880. The van der Waals surface area contributed by atoms with Crippen LogP contribution in [-0.4, -0.2) is 61.6 Å². The van der Waals surface area contributed by atoms with Crippen LogP contribution in [0.15, 0.2) is 29.2 Å². The van der Waals surface area contributed by atoms with Crippen LogP contribution in [0, 0.1) is 5.92 Å². The maximum Gasteiger partial charge on any atom is 0.325 e. The van der Waals surface area contributed by atoms with E-state index in [0.717, 1.165) is 9.21 Å². The Morgan fingerprint density at radius 1 is 1.21 bits per heavy atom. The first-order valence-electron chi connectivity index (χ1n) is 8.83. The first kappa shape index (κ1) is 21.8. The Balaban J connectivity index is 2.05. The molecule has 1 unspecified atom stereocenters. The number of hydrogen-bond acceptors (Lipinski definition) is 5. The van der Waals surface area contributed by atoms with Crippen LogP contribution in [0.3, 0.4) is 0 Å². The lowest BCUT2D eigenvalue weighted by Crippen LogP contribution is -2.45. The molecule has 1 saturated heterocycles. The van der Waals surface area contributed by atoms with Crippen LogP contribution >= 0.6 is 0 Å². The Hall–Kier alpha value is -2.46. The van der Waals surface area contributed by atoms with Crippen molar-refractivity contribution >= 4 is 33.6 Å². The maximum atomic E-state index is 12.6. The lowest BCUT2D eigenvalue weighted by atomic mass is 9.91. The molecule has 1 aromatic carbocycles. The van der Waals surface area contributed by atoms with Gasteiger partial charge in [0.05, 0.1) is 4.90 Å². The summed E-state index contributed by atoms with van der Waals surface area (Å²) in [7, 11) is -0.710. The van der Waals surface area contributed by atoms with Crippen molar-refractivity contribution in [1.29, 1.82) is 0 Å². The standard InChI is InChI=1S/C18H26N4O5S/c1-12(2)10-18(3)16(24)22(17(25)20-18)11-15(23)19-13-6-8-14(9-7-13)28(26,27)21(4)5/h6-9,12H,10-11H2,1-5H3,(H,19,23)(H,20,25). The zero-order valence-corrected chi connectivity index (χ0v) is 17.5. The van der Waals surface area contributed by atoms with E-state index in [1.807, 2.05) is 13.8 Å². The van der Waals surface area contributed by atoms with E-state index in [0.29, 0.717) is 12.1 Å². The minimum Gasteiger partial charge on any atom is -0.325 e. The highest BCUT2D eigenvalue weighted by Crippen LogP contribution is 2.25. The molecule has 1 fully saturated rings. The highest BCUT2D eigenvalue weighted by molar-refractivity contribution is 7.89. The summed E-state index contributed by atoms with van der Waals surface area (Å²) in [4.78, 5) is 38.0. The number of amides is 4. The van der Waals surface area contributed by atoms with Gasteiger partial charge in [-0.25, -0.2) is 17.5 Å². The second kappa shape index (κ2) is 7.88. The van der Waals surface area contributed by atoms with Gasteiger partial charge < -0.3 is 10.6 Å². The van der Waals surface area contributed by atoms with Gasteiger partial charge in [0.25, 0.3) is 5.91 Å². The summed E-state index contributed by atoms with van der Waals surface area (Å²) >= 11 is 0. The average molecular weight is 410 g/mol. The van der Waals surface area contributed by atoms with Crippen molar-refractivity contribution in [2.45, 2.75) is 37.6 Å². The molecule has 4 amide bonds. The van der Waals surface area contributed by atoms with Gasteiger partial charge in [-0.1, -0.05) is 13.8 Å². The summed E-state index contributed by atoms with van der Waals surface area (Å²) in [5, 5.41) is 5.22. The van der Waals surface area contributed by atoms with Gasteiger partial charge in [0.2, 0.25) is 15.9 Å². The molecule has 2 rings (SSSR count). The number of imide groups is 1. The van der Waals surface area contributed by atoms with E-state index >= 15 is 0 Å². The number of sulfonamides is 1. The quantitative estimate of drug-likeness (QED) is 0.656. The monoisotopic (exact) mass is 410 g/mol. The number of nitrogens with one attached hydrogen (secondary N) is 2. The van der Waals surface area contributed by atoms with Crippen LogP contribution in [0.5, 0.6) is 0 Å². The minimum absolute atomic E-state index is 0.0917. The number of nitrogens with zero attached hydrogens (tertiary/aromatic N) is 2. The summed E-state index contributed by atoms with van der Waals surface area (Å²) < 4.78 is 25.2. The molecule has 2 N–H and O–H groups in total. The summed E-state index contributed by atoms with van der Waals surface area (Å²) in [6, 6.07) is 5.04. The normalized spacial score (nSPS) is 20.0. The molecule has 28 heavy (non-hydrogen) atoms. The third-order valence-electron chi connectivity index (χ3n) is 4.38. The van der Waals surface area contributed by atoms with E-state index in [4.69, 9.17) is 0 Å². The molecule has 10 heteroatoms. The fourth-order valence-electron chi connectivity index (χ4n) is 3.11. The van der Waals surface area contributed by atoms with Crippen LogP contribution in [0.4, 0.5) is 10.5 Å². The van der Waals surface area contributed by atoms with E-state index in [1.165, 1.54) is 38.4 Å². The van der Waals surface area contributed by atoms with Crippen LogP contribution in [0.1, 0.15) is 27.2 Å². The smallest absolute Gasteiger partial charge is 0.325 e. The highest BCUT2D eigenvalue weighted by atomic mass is 32.2. The molecule has 0 aromatic heterocycles. The lowest BCUT2D eigenvalue weighted by molar-refractivity contribution is -0.133. The fourth-order valence-corrected chi connectivity index (χ4v) is 4.01.